The summed E-state index contributed by atoms with van der Waals surface area (Å²) >= 11 is 0. The van der Waals surface area contributed by atoms with Crippen LogP contribution >= 0.6 is 0 Å². The fourth-order valence-corrected chi connectivity index (χ4v) is 4.66. The van der Waals surface area contributed by atoms with Crippen LogP contribution in [0.1, 0.15) is 103 Å². The van der Waals surface area contributed by atoms with Gasteiger partial charge in [-0.2, -0.15) is 0 Å². The van der Waals surface area contributed by atoms with Crippen molar-refractivity contribution in [3.05, 3.63) is 131 Å². The van der Waals surface area contributed by atoms with Gasteiger partial charge in [0.25, 0.3) is 0 Å². The van der Waals surface area contributed by atoms with Crippen LogP contribution in [0.25, 0.3) is 0 Å². The molecule has 0 aromatic heterocycles. The van der Waals surface area contributed by atoms with Crippen molar-refractivity contribution in [3.63, 3.8) is 0 Å². The van der Waals surface area contributed by atoms with Crippen molar-refractivity contribution >= 4 is 11.6 Å². The molecule has 4 aromatic carbocycles. The summed E-state index contributed by atoms with van der Waals surface area (Å²) in [6.07, 6.45) is 12.9. The zero-order valence-corrected chi connectivity index (χ0v) is 24.8. The third-order valence-corrected chi connectivity index (χ3v) is 7.09. The molecule has 4 aromatic rings. The SMILES string of the molecule is CCCCCCCCCCCCOc1ccc(C(=O)c2ccccc2)c(O)c1.O=C(c1ccccc1)c1ccccc1. The molecule has 0 bridgehead atoms. The van der Waals surface area contributed by atoms with Gasteiger partial charge in [-0.3, -0.25) is 9.59 Å². The Kier molecular flexibility index (Phi) is 14.7. The number of benzene rings is 4. The van der Waals surface area contributed by atoms with Crippen molar-refractivity contribution in [2.24, 2.45) is 0 Å². The maximum atomic E-state index is 12.4. The lowest BCUT2D eigenvalue weighted by Gasteiger charge is -2.09. The average molecular weight is 565 g/mol. The number of carbonyl (C=O) groups excluding carboxylic acids is 2. The van der Waals surface area contributed by atoms with Gasteiger partial charge in [0.1, 0.15) is 11.5 Å². The number of aromatic hydroxyl groups is 1. The first-order chi connectivity index (χ1) is 20.6. The van der Waals surface area contributed by atoms with Gasteiger partial charge in [0.2, 0.25) is 0 Å². The van der Waals surface area contributed by atoms with Gasteiger partial charge >= 0.3 is 0 Å². The lowest BCUT2D eigenvalue weighted by molar-refractivity contribution is 0.102. The van der Waals surface area contributed by atoms with Crippen LogP contribution in [0, 0.1) is 0 Å². The maximum absolute atomic E-state index is 12.4. The van der Waals surface area contributed by atoms with E-state index >= 15 is 0 Å². The molecule has 4 heteroatoms. The third-order valence-electron chi connectivity index (χ3n) is 7.09. The second-order valence-electron chi connectivity index (χ2n) is 10.5. The van der Waals surface area contributed by atoms with E-state index in [1.807, 2.05) is 78.9 Å². The predicted octanol–water partition coefficient (Wildman–Crippen LogP) is 9.84. The minimum atomic E-state index is -0.181. The zero-order valence-electron chi connectivity index (χ0n) is 24.8. The molecule has 0 spiro atoms. The summed E-state index contributed by atoms with van der Waals surface area (Å²) in [6.45, 7) is 2.89. The standard InChI is InChI=1S/C25H34O3.C13H10O/c1-2-3-4-5-6-7-8-9-10-14-19-28-22-17-18-23(24(26)20-22)25(27)21-15-12-11-13-16-21;14-13(11-7-3-1-4-8-11)12-9-5-2-6-10-12/h11-13,15-18,20,26H,2-10,14,19H2,1H3;1-10H. The van der Waals surface area contributed by atoms with E-state index in [0.29, 0.717) is 23.5 Å². The predicted molar refractivity (Wildman–Crippen MR) is 172 cm³/mol. The molecule has 220 valence electrons. The number of unbranched alkanes of at least 4 members (excludes halogenated alkanes) is 9. The molecule has 4 nitrogen and oxygen atoms in total. The van der Waals surface area contributed by atoms with Crippen LogP contribution in [-0.2, 0) is 0 Å². The van der Waals surface area contributed by atoms with Gasteiger partial charge in [-0.1, -0.05) is 156 Å². The van der Waals surface area contributed by atoms with Crippen LogP contribution in [0.15, 0.2) is 109 Å². The Morgan fingerprint density at radius 2 is 0.976 bits per heavy atom. The van der Waals surface area contributed by atoms with Crippen LogP contribution < -0.4 is 4.74 Å². The van der Waals surface area contributed by atoms with Crippen LogP contribution in [0.5, 0.6) is 11.5 Å². The molecule has 0 saturated heterocycles. The van der Waals surface area contributed by atoms with Gasteiger partial charge in [0, 0.05) is 22.8 Å². The van der Waals surface area contributed by atoms with Crippen molar-refractivity contribution in [2.75, 3.05) is 6.61 Å². The smallest absolute Gasteiger partial charge is 0.196 e. The first-order valence-corrected chi connectivity index (χ1v) is 15.3. The summed E-state index contributed by atoms with van der Waals surface area (Å²) in [5.74, 6) is 0.470. The highest BCUT2D eigenvalue weighted by atomic mass is 16.5. The van der Waals surface area contributed by atoms with E-state index in [1.165, 1.54) is 63.9 Å². The van der Waals surface area contributed by atoms with Gasteiger partial charge in [-0.15, -0.1) is 0 Å². The van der Waals surface area contributed by atoms with Crippen LogP contribution in [0.3, 0.4) is 0 Å². The van der Waals surface area contributed by atoms with Crippen molar-refractivity contribution in [2.45, 2.75) is 71.1 Å². The third kappa shape index (κ3) is 11.4. The van der Waals surface area contributed by atoms with Crippen molar-refractivity contribution in [1.82, 2.24) is 0 Å². The number of hydrogen-bond donors (Lipinski definition) is 1. The molecule has 0 fully saturated rings. The molecule has 0 unspecified atom stereocenters. The quantitative estimate of drug-likeness (QED) is 0.109. The molecular formula is C38H44O4. The van der Waals surface area contributed by atoms with Crippen molar-refractivity contribution in [3.8, 4) is 11.5 Å². The molecule has 0 heterocycles. The highest BCUT2D eigenvalue weighted by Gasteiger charge is 2.14. The van der Waals surface area contributed by atoms with E-state index in [2.05, 4.69) is 6.92 Å². The molecule has 1 N–H and O–H groups in total. The molecule has 0 saturated carbocycles. The van der Waals surface area contributed by atoms with Gasteiger partial charge < -0.3 is 9.84 Å². The highest BCUT2D eigenvalue weighted by molar-refractivity contribution is 6.10. The number of phenols is 1. The van der Waals surface area contributed by atoms with Crippen molar-refractivity contribution in [1.29, 1.82) is 0 Å². The molecule has 0 amide bonds. The molecule has 0 radical (unpaired) electrons. The number of hydrogen-bond acceptors (Lipinski definition) is 4. The minimum absolute atomic E-state index is 0.0329. The fourth-order valence-electron chi connectivity index (χ4n) is 4.66. The van der Waals surface area contributed by atoms with Crippen LogP contribution in [-0.4, -0.2) is 23.3 Å². The van der Waals surface area contributed by atoms with Crippen LogP contribution in [0.2, 0.25) is 0 Å². The molecule has 4 rings (SSSR count). The Labute approximate surface area is 251 Å². The van der Waals surface area contributed by atoms with E-state index < -0.39 is 0 Å². The number of ether oxygens (including phenoxy) is 1. The lowest BCUT2D eigenvalue weighted by Crippen LogP contribution is -2.02. The Morgan fingerprint density at radius 1 is 0.548 bits per heavy atom. The van der Waals surface area contributed by atoms with E-state index in [0.717, 1.165) is 17.5 Å². The summed E-state index contributed by atoms with van der Waals surface area (Å²) in [4.78, 5) is 24.3. The second kappa shape index (κ2) is 19.0. The molecule has 0 aliphatic heterocycles. The zero-order chi connectivity index (χ0) is 29.8. The number of carbonyl (C=O) groups is 2. The van der Waals surface area contributed by atoms with Gasteiger partial charge in [0.05, 0.1) is 12.2 Å². The Balaban J connectivity index is 0.000000287. The number of ketones is 2. The van der Waals surface area contributed by atoms with Crippen LogP contribution in [0.4, 0.5) is 0 Å². The number of rotatable bonds is 16. The summed E-state index contributed by atoms with van der Waals surface area (Å²) in [5.41, 5.74) is 2.34. The Bertz CT molecular complexity index is 1280. The van der Waals surface area contributed by atoms with E-state index in [4.69, 9.17) is 4.74 Å². The maximum Gasteiger partial charge on any atom is 0.196 e. The van der Waals surface area contributed by atoms with Gasteiger partial charge in [-0.05, 0) is 18.6 Å². The number of phenolic OH excluding ortho intramolecular Hbond substituents is 1. The first kappa shape index (κ1) is 32.3. The molecular weight excluding hydrogens is 520 g/mol. The van der Waals surface area contributed by atoms with Crippen molar-refractivity contribution < 1.29 is 19.4 Å². The minimum Gasteiger partial charge on any atom is -0.507 e. The fraction of sp³-hybridized carbons (Fsp3) is 0.316. The summed E-state index contributed by atoms with van der Waals surface area (Å²) in [6, 6.07) is 32.5. The molecule has 0 aliphatic carbocycles. The highest BCUT2D eigenvalue weighted by Crippen LogP contribution is 2.26. The van der Waals surface area contributed by atoms with E-state index in [1.54, 1.807) is 24.3 Å². The lowest BCUT2D eigenvalue weighted by atomic mass is 10.0. The first-order valence-electron chi connectivity index (χ1n) is 15.3. The topological polar surface area (TPSA) is 63.6 Å². The molecule has 0 aliphatic rings. The van der Waals surface area contributed by atoms with E-state index in [9.17, 15) is 14.7 Å². The molecule has 0 atom stereocenters. The monoisotopic (exact) mass is 564 g/mol. The molecule has 42 heavy (non-hydrogen) atoms. The Hall–Kier alpha value is -4.18. The average Bonchev–Trinajstić information content (AvgIpc) is 3.04. The van der Waals surface area contributed by atoms with Gasteiger partial charge in [-0.25, -0.2) is 0 Å². The summed E-state index contributed by atoms with van der Waals surface area (Å²) in [5, 5.41) is 10.2. The van der Waals surface area contributed by atoms with Gasteiger partial charge in [0.15, 0.2) is 11.6 Å². The summed E-state index contributed by atoms with van der Waals surface area (Å²) < 4.78 is 5.73. The normalized spacial score (nSPS) is 10.4. The Morgan fingerprint density at radius 3 is 1.43 bits per heavy atom. The largest absolute Gasteiger partial charge is 0.507 e. The second-order valence-corrected chi connectivity index (χ2v) is 10.5. The van der Waals surface area contributed by atoms with E-state index in [-0.39, 0.29) is 17.3 Å². The summed E-state index contributed by atoms with van der Waals surface area (Å²) in [7, 11) is 0.